The van der Waals surface area contributed by atoms with Crippen molar-refractivity contribution in [3.8, 4) is 22.3 Å². The number of hydrogen-bond acceptors (Lipinski definition) is 0. The maximum Gasteiger partial charge on any atom is 0.0316 e. The maximum atomic E-state index is 2.48. The molecule has 0 saturated carbocycles. The van der Waals surface area contributed by atoms with Gasteiger partial charge in [0.05, 0.1) is 0 Å². The molecule has 34 heavy (non-hydrogen) atoms. The van der Waals surface area contributed by atoms with Crippen LogP contribution in [0.3, 0.4) is 0 Å². The van der Waals surface area contributed by atoms with Crippen LogP contribution in [-0.4, -0.2) is 0 Å². The molecule has 0 heterocycles. The molecule has 2 aliphatic rings. The highest BCUT2D eigenvalue weighted by Crippen LogP contribution is 2.55. The summed E-state index contributed by atoms with van der Waals surface area (Å²) in [6, 6.07) is 35.3. The Bertz CT molecular complexity index is 1430. The van der Waals surface area contributed by atoms with Gasteiger partial charge in [0.25, 0.3) is 0 Å². The summed E-state index contributed by atoms with van der Waals surface area (Å²) in [5, 5.41) is 0. The molecule has 6 rings (SSSR count). The zero-order valence-corrected chi connectivity index (χ0v) is 20.0. The smallest absolute Gasteiger partial charge is 0.0316 e. The molecule has 1 unspecified atom stereocenters. The van der Waals surface area contributed by atoms with Gasteiger partial charge in [-0.25, -0.2) is 0 Å². The molecule has 0 spiro atoms. The van der Waals surface area contributed by atoms with Crippen molar-refractivity contribution in [2.24, 2.45) is 5.92 Å². The zero-order chi connectivity index (χ0) is 23.2. The van der Waals surface area contributed by atoms with Gasteiger partial charge in [-0.2, -0.15) is 0 Å². The predicted octanol–water partition coefficient (Wildman–Crippen LogP) is 9.20. The molecule has 0 N–H and O–H groups in total. The first-order valence-electron chi connectivity index (χ1n) is 12.3. The fourth-order valence-electron chi connectivity index (χ4n) is 5.85. The van der Waals surface area contributed by atoms with Gasteiger partial charge in [-0.1, -0.05) is 128 Å². The van der Waals surface area contributed by atoms with E-state index in [1.165, 1.54) is 61.2 Å². The standard InChI is InChI=1S/C34H29/c1-22(2)30-21-31-27(24-12-6-4-7-13-24)17-11-19-29(31)34(30)32-23(3)20-26-16-10-18-28(33(26)32)25-14-8-5-9-15-25/h4-22,34H,1-3H3. The van der Waals surface area contributed by atoms with Crippen LogP contribution in [0.5, 0.6) is 0 Å². The minimum absolute atomic E-state index is 0.279. The fraction of sp³-hybridized carbons (Fsp3) is 0.147. The Hall–Kier alpha value is -3.64. The van der Waals surface area contributed by atoms with Gasteiger partial charge < -0.3 is 0 Å². The van der Waals surface area contributed by atoms with E-state index >= 15 is 0 Å². The third-order valence-electron chi connectivity index (χ3n) is 7.38. The van der Waals surface area contributed by atoms with E-state index in [1.54, 1.807) is 0 Å². The minimum atomic E-state index is 0.279. The molecule has 1 radical (unpaired) electrons. The van der Waals surface area contributed by atoms with Crippen LogP contribution in [0.25, 0.3) is 33.9 Å². The van der Waals surface area contributed by atoms with Gasteiger partial charge in [-0.05, 0) is 62.9 Å². The van der Waals surface area contributed by atoms with Crippen molar-refractivity contribution in [3.05, 3.63) is 137 Å². The quantitative estimate of drug-likeness (QED) is 0.298. The third kappa shape index (κ3) is 3.29. The number of fused-ring (bicyclic) bond motifs is 2. The van der Waals surface area contributed by atoms with Crippen LogP contribution in [0.15, 0.2) is 108 Å². The van der Waals surface area contributed by atoms with Gasteiger partial charge in [0.2, 0.25) is 0 Å². The molecule has 0 amide bonds. The summed E-state index contributed by atoms with van der Waals surface area (Å²) >= 11 is 0. The van der Waals surface area contributed by atoms with Crippen molar-refractivity contribution < 1.29 is 0 Å². The van der Waals surface area contributed by atoms with Crippen LogP contribution in [0.2, 0.25) is 0 Å². The van der Waals surface area contributed by atoms with Crippen LogP contribution in [0.1, 0.15) is 48.9 Å². The number of rotatable bonds is 4. The van der Waals surface area contributed by atoms with E-state index in [-0.39, 0.29) is 5.92 Å². The van der Waals surface area contributed by atoms with Gasteiger partial charge in [0.1, 0.15) is 0 Å². The zero-order valence-electron chi connectivity index (χ0n) is 20.0. The van der Waals surface area contributed by atoms with Crippen LogP contribution >= 0.6 is 0 Å². The highest BCUT2D eigenvalue weighted by Gasteiger charge is 2.36. The van der Waals surface area contributed by atoms with Crippen molar-refractivity contribution in [1.29, 1.82) is 0 Å². The molecule has 0 fully saturated rings. The SMILES string of the molecule is CC1=C(C2C(C(C)C)=Cc3c(-c4ccccc4)cccc32)c2c(cccc2-c2ccccc2)[CH]1. The minimum Gasteiger partial charge on any atom is -0.0622 e. The van der Waals surface area contributed by atoms with Crippen LogP contribution in [-0.2, 0) is 0 Å². The Kier molecular flexibility index (Phi) is 5.11. The van der Waals surface area contributed by atoms with E-state index in [0.29, 0.717) is 5.92 Å². The van der Waals surface area contributed by atoms with Crippen molar-refractivity contribution in [3.63, 3.8) is 0 Å². The summed E-state index contributed by atoms with van der Waals surface area (Å²) < 4.78 is 0. The highest BCUT2D eigenvalue weighted by atomic mass is 14.4. The Morgan fingerprint density at radius 1 is 0.647 bits per heavy atom. The average molecular weight is 438 g/mol. The monoisotopic (exact) mass is 437 g/mol. The van der Waals surface area contributed by atoms with E-state index in [9.17, 15) is 0 Å². The summed E-state index contributed by atoms with van der Waals surface area (Å²) in [5.74, 6) is 0.746. The molecule has 2 aliphatic carbocycles. The predicted molar refractivity (Wildman–Crippen MR) is 145 cm³/mol. The van der Waals surface area contributed by atoms with Gasteiger partial charge in [-0.15, -0.1) is 0 Å². The average Bonchev–Trinajstić information content (AvgIpc) is 3.41. The Balaban J connectivity index is 1.57. The summed E-state index contributed by atoms with van der Waals surface area (Å²) in [4.78, 5) is 0. The lowest BCUT2D eigenvalue weighted by Crippen LogP contribution is -2.08. The maximum absolute atomic E-state index is 2.48. The molecule has 0 aliphatic heterocycles. The first kappa shape index (κ1) is 20.9. The fourth-order valence-corrected chi connectivity index (χ4v) is 5.85. The summed E-state index contributed by atoms with van der Waals surface area (Å²) in [5.41, 5.74) is 15.2. The van der Waals surface area contributed by atoms with Crippen LogP contribution in [0.4, 0.5) is 0 Å². The molecule has 165 valence electrons. The molecule has 4 aromatic rings. The third-order valence-corrected chi connectivity index (χ3v) is 7.38. The lowest BCUT2D eigenvalue weighted by atomic mass is 9.78. The largest absolute Gasteiger partial charge is 0.0622 e. The molecule has 0 aromatic heterocycles. The van der Waals surface area contributed by atoms with E-state index in [1.807, 2.05) is 0 Å². The second-order valence-corrected chi connectivity index (χ2v) is 9.78. The molecule has 0 heteroatoms. The summed E-state index contributed by atoms with van der Waals surface area (Å²) in [6.07, 6.45) is 4.87. The molecular formula is C34H29. The molecule has 4 aromatic carbocycles. The summed E-state index contributed by atoms with van der Waals surface area (Å²) in [7, 11) is 0. The first-order chi connectivity index (χ1) is 16.6. The van der Waals surface area contributed by atoms with Crippen LogP contribution < -0.4 is 0 Å². The van der Waals surface area contributed by atoms with Gasteiger partial charge in [0.15, 0.2) is 0 Å². The lowest BCUT2D eigenvalue weighted by molar-refractivity contribution is 0.730. The topological polar surface area (TPSA) is 0 Å². The molecule has 1 atom stereocenters. The van der Waals surface area contributed by atoms with Crippen molar-refractivity contribution in [1.82, 2.24) is 0 Å². The molecular weight excluding hydrogens is 408 g/mol. The second kappa shape index (κ2) is 8.29. The molecule has 0 saturated heterocycles. The highest BCUT2D eigenvalue weighted by molar-refractivity contribution is 5.97. The van der Waals surface area contributed by atoms with E-state index in [2.05, 4.69) is 130 Å². The van der Waals surface area contributed by atoms with E-state index in [0.717, 1.165) is 0 Å². The second-order valence-electron chi connectivity index (χ2n) is 9.78. The van der Waals surface area contributed by atoms with E-state index in [4.69, 9.17) is 0 Å². The normalized spacial score (nSPS) is 16.6. The lowest BCUT2D eigenvalue weighted by Gasteiger charge is -2.25. The molecule has 0 nitrogen and oxygen atoms in total. The van der Waals surface area contributed by atoms with E-state index < -0.39 is 0 Å². The van der Waals surface area contributed by atoms with Crippen molar-refractivity contribution in [2.45, 2.75) is 26.7 Å². The van der Waals surface area contributed by atoms with Crippen molar-refractivity contribution in [2.75, 3.05) is 0 Å². The van der Waals surface area contributed by atoms with Gasteiger partial charge >= 0.3 is 0 Å². The Labute approximate surface area is 203 Å². The van der Waals surface area contributed by atoms with Gasteiger partial charge in [-0.3, -0.25) is 0 Å². The first-order valence-corrected chi connectivity index (χ1v) is 12.3. The summed E-state index contributed by atoms with van der Waals surface area (Å²) in [6.45, 7) is 6.97. The Morgan fingerprint density at radius 2 is 1.26 bits per heavy atom. The van der Waals surface area contributed by atoms with Crippen molar-refractivity contribution >= 4 is 11.6 Å². The number of allylic oxidation sites excluding steroid dienone is 3. The van der Waals surface area contributed by atoms with Gasteiger partial charge in [0, 0.05) is 12.3 Å². The Morgan fingerprint density at radius 3 is 1.94 bits per heavy atom. The van der Waals surface area contributed by atoms with Crippen LogP contribution in [0, 0.1) is 12.3 Å². The number of benzene rings is 4. The molecule has 0 bridgehead atoms. The number of hydrogen-bond donors (Lipinski definition) is 0.